The number of carboxylic acids is 1. The molecule has 5 nitrogen and oxygen atoms in total. The minimum absolute atomic E-state index is 0.240. The molecule has 0 aromatic heterocycles. The third-order valence-electron chi connectivity index (χ3n) is 7.20. The topological polar surface area (TPSA) is 66.8 Å². The van der Waals surface area contributed by atoms with Crippen molar-refractivity contribution in [2.45, 2.75) is 73.2 Å². The van der Waals surface area contributed by atoms with Crippen molar-refractivity contribution >= 4 is 29.7 Å². The van der Waals surface area contributed by atoms with Gasteiger partial charge in [-0.1, -0.05) is 23.9 Å². The first kappa shape index (κ1) is 30.8. The molecule has 1 amide bonds. The number of alkyl halides is 6. The Morgan fingerprint density at radius 1 is 0.902 bits per heavy atom. The normalized spacial score (nSPS) is 20.3. The summed E-state index contributed by atoms with van der Waals surface area (Å²) in [6.07, 6.45) is -4.92. The van der Waals surface area contributed by atoms with Gasteiger partial charge in [0.15, 0.2) is 0 Å². The minimum atomic E-state index is -5.34. The maximum absolute atomic E-state index is 14.2. The summed E-state index contributed by atoms with van der Waals surface area (Å²) in [7, 11) is 0. The summed E-state index contributed by atoms with van der Waals surface area (Å²) in [5.74, 6) is -1.52. The summed E-state index contributed by atoms with van der Waals surface area (Å²) in [4.78, 5) is 24.7. The molecule has 1 aliphatic heterocycles. The maximum Gasteiger partial charge on any atom is 0.418 e. The van der Waals surface area contributed by atoms with Crippen molar-refractivity contribution in [3.63, 3.8) is 0 Å². The number of hydrogen-bond donors (Lipinski definition) is 1. The first-order valence-electron chi connectivity index (χ1n) is 13.3. The summed E-state index contributed by atoms with van der Waals surface area (Å²) < 4.78 is 91.0. The fourth-order valence-electron chi connectivity index (χ4n) is 5.15. The van der Waals surface area contributed by atoms with Crippen molar-refractivity contribution in [2.24, 2.45) is 5.92 Å². The van der Waals surface area contributed by atoms with E-state index in [0.717, 1.165) is 43.5 Å². The molecule has 0 radical (unpaired) electrons. The number of benzene rings is 2. The van der Waals surface area contributed by atoms with E-state index in [2.05, 4.69) is 0 Å². The fourth-order valence-corrected chi connectivity index (χ4v) is 6.18. The van der Waals surface area contributed by atoms with E-state index in [1.165, 1.54) is 23.1 Å². The van der Waals surface area contributed by atoms with E-state index in [4.69, 9.17) is 9.84 Å². The average Bonchev–Trinajstić information content (AvgIpc) is 2.91. The van der Waals surface area contributed by atoms with Crippen LogP contribution in [0.5, 0.6) is 5.75 Å². The number of nitrogens with zero attached hydrogens (tertiary/aromatic N) is 1. The molecule has 2 fully saturated rings. The molecule has 0 unspecified atom stereocenters. The predicted octanol–water partition coefficient (Wildman–Crippen LogP) is 7.92. The molecular formula is C29H29F6NO4S. The van der Waals surface area contributed by atoms with Gasteiger partial charge in [0.25, 0.3) is 0 Å². The molecule has 1 saturated heterocycles. The van der Waals surface area contributed by atoms with Gasteiger partial charge in [-0.15, -0.1) is 0 Å². The number of carbonyl (C=O) groups excluding carboxylic acids is 1. The summed E-state index contributed by atoms with van der Waals surface area (Å²) in [5, 5.41) is 9.15. The molecular weight excluding hydrogens is 572 g/mol. The SMILES string of the molecule is O=C(/C=C/c1ccc(Sc2cccc(O[C@H]3CC[C@H](C(=O)O)CC3)c2)c(C(F)(F)F)c1C(F)(F)F)N1CCCCC1. The molecule has 41 heavy (non-hydrogen) atoms. The fraction of sp³-hybridized carbons (Fsp3) is 0.448. The first-order valence-corrected chi connectivity index (χ1v) is 14.1. The Morgan fingerprint density at radius 3 is 2.17 bits per heavy atom. The van der Waals surface area contributed by atoms with E-state index in [-0.39, 0.29) is 11.0 Å². The van der Waals surface area contributed by atoms with E-state index in [1.54, 1.807) is 6.07 Å². The molecule has 0 atom stereocenters. The van der Waals surface area contributed by atoms with E-state index < -0.39 is 51.7 Å². The van der Waals surface area contributed by atoms with Crippen LogP contribution in [0, 0.1) is 5.92 Å². The third kappa shape index (κ3) is 7.99. The Labute approximate surface area is 237 Å². The largest absolute Gasteiger partial charge is 0.490 e. The predicted molar refractivity (Wildman–Crippen MR) is 140 cm³/mol. The van der Waals surface area contributed by atoms with Gasteiger partial charge in [0.2, 0.25) is 5.91 Å². The highest BCUT2D eigenvalue weighted by molar-refractivity contribution is 7.99. The van der Waals surface area contributed by atoms with E-state index in [9.17, 15) is 35.9 Å². The first-order chi connectivity index (χ1) is 19.3. The Morgan fingerprint density at radius 2 is 1.56 bits per heavy atom. The lowest BCUT2D eigenvalue weighted by Gasteiger charge is -2.27. The van der Waals surface area contributed by atoms with Gasteiger partial charge >= 0.3 is 18.3 Å². The van der Waals surface area contributed by atoms with Crippen LogP contribution < -0.4 is 4.74 Å². The lowest BCUT2D eigenvalue weighted by atomic mass is 9.87. The van der Waals surface area contributed by atoms with Gasteiger partial charge in [-0.05, 0) is 80.9 Å². The second kappa shape index (κ2) is 12.8. The van der Waals surface area contributed by atoms with Crippen molar-refractivity contribution in [1.29, 1.82) is 0 Å². The van der Waals surface area contributed by atoms with Crippen LogP contribution in [-0.4, -0.2) is 41.1 Å². The molecule has 2 aromatic rings. The quantitative estimate of drug-likeness (QED) is 0.258. The van der Waals surface area contributed by atoms with Gasteiger partial charge in [0, 0.05) is 29.0 Å². The standard InChI is InChI=1S/C29H29F6NO4S/c30-28(31,32)25-18(10-14-24(37)36-15-2-1-3-16-36)9-13-23(26(25)29(33,34)35)41-22-6-4-5-21(17-22)40-20-11-7-19(8-12-20)27(38)39/h4-6,9-10,13-14,17,19-20H,1-3,7-8,11-12,15-16H2,(H,38,39)/b14-10+/t19-,20-. The number of carbonyl (C=O) groups is 2. The lowest BCUT2D eigenvalue weighted by Crippen LogP contribution is -2.34. The van der Waals surface area contributed by atoms with Crippen LogP contribution in [0.15, 0.2) is 52.3 Å². The zero-order valence-electron chi connectivity index (χ0n) is 21.9. The second-order valence-electron chi connectivity index (χ2n) is 10.1. The molecule has 1 heterocycles. The molecule has 4 rings (SSSR count). The monoisotopic (exact) mass is 601 g/mol. The highest BCUT2D eigenvalue weighted by Gasteiger charge is 2.46. The molecule has 1 aliphatic carbocycles. The number of rotatable bonds is 7. The van der Waals surface area contributed by atoms with Gasteiger partial charge in [-0.25, -0.2) is 0 Å². The molecule has 1 saturated carbocycles. The van der Waals surface area contributed by atoms with Crippen LogP contribution in [0.3, 0.4) is 0 Å². The minimum Gasteiger partial charge on any atom is -0.490 e. The summed E-state index contributed by atoms with van der Waals surface area (Å²) in [5.41, 5.74) is -4.41. The van der Waals surface area contributed by atoms with Crippen molar-refractivity contribution in [3.05, 3.63) is 59.2 Å². The molecule has 222 valence electrons. The van der Waals surface area contributed by atoms with Crippen molar-refractivity contribution in [3.8, 4) is 5.75 Å². The molecule has 12 heteroatoms. The number of amides is 1. The summed E-state index contributed by atoms with van der Waals surface area (Å²) >= 11 is 0.531. The van der Waals surface area contributed by atoms with Gasteiger partial charge in [-0.3, -0.25) is 9.59 Å². The Balaban J connectivity index is 1.60. The number of hydrogen-bond acceptors (Lipinski definition) is 4. The number of halogens is 6. The van der Waals surface area contributed by atoms with Crippen LogP contribution in [0.1, 0.15) is 61.6 Å². The Bertz CT molecular complexity index is 1280. The third-order valence-corrected chi connectivity index (χ3v) is 8.25. The van der Waals surface area contributed by atoms with Gasteiger partial charge in [-0.2, -0.15) is 26.3 Å². The maximum atomic E-state index is 14.2. The second-order valence-corrected chi connectivity index (χ2v) is 11.2. The molecule has 1 N–H and O–H groups in total. The zero-order valence-corrected chi connectivity index (χ0v) is 22.7. The van der Waals surface area contributed by atoms with Gasteiger partial charge < -0.3 is 14.7 Å². The van der Waals surface area contributed by atoms with Crippen molar-refractivity contribution in [1.82, 2.24) is 4.90 Å². The Kier molecular flexibility index (Phi) is 9.61. The number of ether oxygens (including phenoxy) is 1. The lowest BCUT2D eigenvalue weighted by molar-refractivity contribution is -0.163. The van der Waals surface area contributed by atoms with Crippen LogP contribution >= 0.6 is 11.8 Å². The number of carboxylic acid groups (broad SMARTS) is 1. The molecule has 0 spiro atoms. The number of piperidine rings is 1. The van der Waals surface area contributed by atoms with E-state index in [1.807, 2.05) is 0 Å². The van der Waals surface area contributed by atoms with Crippen molar-refractivity contribution < 1.29 is 45.8 Å². The summed E-state index contributed by atoms with van der Waals surface area (Å²) in [6.45, 7) is 0.899. The van der Waals surface area contributed by atoms with Gasteiger partial charge in [0.1, 0.15) is 5.75 Å². The van der Waals surface area contributed by atoms with Crippen LogP contribution in [-0.2, 0) is 21.9 Å². The molecule has 2 aliphatic rings. The van der Waals surface area contributed by atoms with Crippen LogP contribution in [0.2, 0.25) is 0 Å². The number of likely N-dealkylation sites (tertiary alicyclic amines) is 1. The zero-order chi connectivity index (χ0) is 29.8. The number of aliphatic carboxylic acids is 1. The highest BCUT2D eigenvalue weighted by Crippen LogP contribution is 2.48. The van der Waals surface area contributed by atoms with Gasteiger partial charge in [0.05, 0.1) is 23.1 Å². The van der Waals surface area contributed by atoms with Crippen molar-refractivity contribution in [2.75, 3.05) is 13.1 Å². The van der Waals surface area contributed by atoms with E-state index >= 15 is 0 Å². The average molecular weight is 602 g/mol. The molecule has 2 aromatic carbocycles. The Hall–Kier alpha value is -3.15. The van der Waals surface area contributed by atoms with Crippen LogP contribution in [0.4, 0.5) is 26.3 Å². The highest BCUT2D eigenvalue weighted by atomic mass is 32.2. The summed E-state index contributed by atoms with van der Waals surface area (Å²) in [6, 6.07) is 7.97. The smallest absolute Gasteiger partial charge is 0.418 e. The molecule has 0 bridgehead atoms. The van der Waals surface area contributed by atoms with Crippen LogP contribution in [0.25, 0.3) is 6.08 Å². The van der Waals surface area contributed by atoms with E-state index in [0.29, 0.717) is 56.3 Å².